The van der Waals surface area contributed by atoms with Gasteiger partial charge in [-0.3, -0.25) is 0 Å². The summed E-state index contributed by atoms with van der Waals surface area (Å²) in [6.45, 7) is 0.518. The number of hydrogen-bond acceptors (Lipinski definition) is 4. The fourth-order valence-corrected chi connectivity index (χ4v) is 1.23. The second-order valence-corrected chi connectivity index (χ2v) is 3.05. The van der Waals surface area contributed by atoms with Crippen LogP contribution in [0.2, 0.25) is 0 Å². The van der Waals surface area contributed by atoms with E-state index in [1.54, 1.807) is 17.8 Å². The van der Waals surface area contributed by atoms with Crippen LogP contribution < -0.4 is 5.32 Å². The van der Waals surface area contributed by atoms with Crippen LogP contribution in [0.15, 0.2) is 22.7 Å². The van der Waals surface area contributed by atoms with Crippen molar-refractivity contribution in [2.45, 2.75) is 0 Å². The summed E-state index contributed by atoms with van der Waals surface area (Å²) in [5.74, 6) is 0. The van der Waals surface area contributed by atoms with Crippen molar-refractivity contribution in [2.75, 3.05) is 12.8 Å². The first kappa shape index (κ1) is 8.71. The normalized spacial score (nSPS) is 16.6. The molecule has 1 heterocycles. The van der Waals surface area contributed by atoms with Gasteiger partial charge >= 0.3 is 7.12 Å². The van der Waals surface area contributed by atoms with Gasteiger partial charge in [0, 0.05) is 6.54 Å². The van der Waals surface area contributed by atoms with Crippen LogP contribution in [-0.4, -0.2) is 30.0 Å². The maximum Gasteiger partial charge on any atom is 0.485 e. The first-order valence-electron chi connectivity index (χ1n) is 3.29. The summed E-state index contributed by atoms with van der Waals surface area (Å²) in [6.07, 6.45) is 5.53. The molecule has 0 fully saturated rings. The summed E-state index contributed by atoms with van der Waals surface area (Å²) < 4.78 is 0. The Morgan fingerprint density at radius 1 is 1.55 bits per heavy atom. The van der Waals surface area contributed by atoms with E-state index in [2.05, 4.69) is 5.32 Å². The lowest BCUT2D eigenvalue weighted by atomic mass is 9.78. The van der Waals surface area contributed by atoms with Crippen molar-refractivity contribution < 1.29 is 10.0 Å². The highest BCUT2D eigenvalue weighted by Gasteiger charge is 2.15. The van der Waals surface area contributed by atoms with Crippen LogP contribution in [0, 0.1) is 0 Å². The van der Waals surface area contributed by atoms with Crippen LogP contribution >= 0.6 is 11.8 Å². The molecule has 0 aromatic heterocycles. The van der Waals surface area contributed by atoms with Gasteiger partial charge in [-0.15, -0.1) is 11.8 Å². The van der Waals surface area contributed by atoms with Crippen LogP contribution in [0.4, 0.5) is 0 Å². The standard InChI is InChI=1S/C6H10BNO2S/c1-11-6-3-2-5(4-8-6)7(9)10/h2-3,8-10H,4H2,1H3. The first-order valence-corrected chi connectivity index (χ1v) is 4.51. The molecule has 60 valence electrons. The van der Waals surface area contributed by atoms with E-state index in [1.807, 2.05) is 12.3 Å². The molecule has 0 saturated carbocycles. The Kier molecular flexibility index (Phi) is 3.05. The van der Waals surface area contributed by atoms with Gasteiger partial charge in [0.2, 0.25) is 0 Å². The minimum absolute atomic E-state index is 0.518. The molecule has 0 saturated heterocycles. The smallest absolute Gasteiger partial charge is 0.423 e. The molecule has 11 heavy (non-hydrogen) atoms. The van der Waals surface area contributed by atoms with E-state index in [0.717, 1.165) is 5.03 Å². The van der Waals surface area contributed by atoms with E-state index in [4.69, 9.17) is 10.0 Å². The molecule has 0 aromatic carbocycles. The Hall–Kier alpha value is -0.385. The molecular weight excluding hydrogens is 161 g/mol. The van der Waals surface area contributed by atoms with E-state index in [9.17, 15) is 0 Å². The Labute approximate surface area is 70.3 Å². The highest BCUT2D eigenvalue weighted by atomic mass is 32.2. The van der Waals surface area contributed by atoms with E-state index in [0.29, 0.717) is 12.0 Å². The molecule has 5 heteroatoms. The summed E-state index contributed by atoms with van der Waals surface area (Å²) in [4.78, 5) is 0. The molecule has 1 aliphatic rings. The van der Waals surface area contributed by atoms with Crippen LogP contribution in [0.1, 0.15) is 0 Å². The fraction of sp³-hybridized carbons (Fsp3) is 0.333. The Morgan fingerprint density at radius 2 is 2.27 bits per heavy atom. The van der Waals surface area contributed by atoms with Crippen molar-refractivity contribution in [2.24, 2.45) is 0 Å². The number of dihydropyridines is 1. The van der Waals surface area contributed by atoms with Gasteiger partial charge in [0.1, 0.15) is 0 Å². The zero-order chi connectivity index (χ0) is 8.27. The molecule has 0 atom stereocenters. The van der Waals surface area contributed by atoms with E-state index in [1.165, 1.54) is 0 Å². The van der Waals surface area contributed by atoms with Gasteiger partial charge in [0.25, 0.3) is 0 Å². The maximum atomic E-state index is 8.75. The average Bonchev–Trinajstić information content (AvgIpc) is 2.05. The molecule has 3 nitrogen and oxygen atoms in total. The molecule has 0 spiro atoms. The third-order valence-electron chi connectivity index (χ3n) is 1.47. The van der Waals surface area contributed by atoms with E-state index < -0.39 is 7.12 Å². The summed E-state index contributed by atoms with van der Waals surface area (Å²) in [5, 5.41) is 21.6. The number of allylic oxidation sites excluding steroid dienone is 2. The van der Waals surface area contributed by atoms with E-state index >= 15 is 0 Å². The fourth-order valence-electron chi connectivity index (χ4n) is 0.807. The summed E-state index contributed by atoms with van der Waals surface area (Å²) in [5.41, 5.74) is 0.600. The zero-order valence-electron chi connectivity index (χ0n) is 6.24. The SMILES string of the molecule is CSC1=CC=C(B(O)O)CN1. The summed E-state index contributed by atoms with van der Waals surface area (Å²) in [7, 11) is -1.33. The van der Waals surface area contributed by atoms with Gasteiger partial charge < -0.3 is 15.4 Å². The Bertz CT molecular complexity index is 203. The topological polar surface area (TPSA) is 52.5 Å². The largest absolute Gasteiger partial charge is 0.485 e. The number of nitrogens with one attached hydrogen (secondary N) is 1. The van der Waals surface area contributed by atoms with Gasteiger partial charge in [0.05, 0.1) is 5.03 Å². The number of thioether (sulfide) groups is 1. The van der Waals surface area contributed by atoms with Crippen LogP contribution in [0.3, 0.4) is 0 Å². The van der Waals surface area contributed by atoms with Crippen molar-refractivity contribution in [1.29, 1.82) is 0 Å². The molecule has 0 bridgehead atoms. The molecule has 0 aromatic rings. The molecular formula is C6H10BNO2S. The van der Waals surface area contributed by atoms with Gasteiger partial charge in [-0.25, -0.2) is 0 Å². The second kappa shape index (κ2) is 3.85. The zero-order valence-corrected chi connectivity index (χ0v) is 7.06. The lowest BCUT2D eigenvalue weighted by molar-refractivity contribution is 0.417. The van der Waals surface area contributed by atoms with Gasteiger partial charge in [0.15, 0.2) is 0 Å². The number of rotatable bonds is 2. The third kappa shape index (κ3) is 2.29. The summed E-state index contributed by atoms with van der Waals surface area (Å²) >= 11 is 1.60. The quantitative estimate of drug-likeness (QED) is 0.500. The number of hydrogen-bond donors (Lipinski definition) is 3. The predicted molar refractivity (Wildman–Crippen MR) is 47.9 cm³/mol. The molecule has 1 aliphatic heterocycles. The van der Waals surface area contributed by atoms with Crippen LogP contribution in [-0.2, 0) is 0 Å². The lowest BCUT2D eigenvalue weighted by Gasteiger charge is -2.14. The van der Waals surface area contributed by atoms with Crippen molar-refractivity contribution in [1.82, 2.24) is 5.32 Å². The highest BCUT2D eigenvalue weighted by Crippen LogP contribution is 2.13. The van der Waals surface area contributed by atoms with Crippen molar-refractivity contribution in [3.05, 3.63) is 22.7 Å². The van der Waals surface area contributed by atoms with E-state index in [-0.39, 0.29) is 0 Å². The molecule has 0 aliphatic carbocycles. The molecule has 0 radical (unpaired) electrons. The van der Waals surface area contributed by atoms with Crippen molar-refractivity contribution >= 4 is 18.9 Å². The molecule has 0 unspecified atom stereocenters. The first-order chi connectivity index (χ1) is 5.24. The molecule has 0 amide bonds. The van der Waals surface area contributed by atoms with Gasteiger partial charge in [-0.2, -0.15) is 0 Å². The average molecular weight is 171 g/mol. The lowest BCUT2D eigenvalue weighted by Crippen LogP contribution is -2.27. The maximum absolute atomic E-state index is 8.75. The van der Waals surface area contributed by atoms with Crippen molar-refractivity contribution in [3.63, 3.8) is 0 Å². The van der Waals surface area contributed by atoms with Crippen LogP contribution in [0.25, 0.3) is 0 Å². The predicted octanol–water partition coefficient (Wildman–Crippen LogP) is -0.268. The minimum Gasteiger partial charge on any atom is -0.423 e. The van der Waals surface area contributed by atoms with Crippen LogP contribution in [0.5, 0.6) is 0 Å². The monoisotopic (exact) mass is 171 g/mol. The highest BCUT2D eigenvalue weighted by molar-refractivity contribution is 8.02. The van der Waals surface area contributed by atoms with Gasteiger partial charge in [-0.05, 0) is 17.8 Å². The third-order valence-corrected chi connectivity index (χ3v) is 2.19. The molecule has 1 rings (SSSR count). The Balaban J connectivity index is 2.61. The Morgan fingerprint density at radius 3 is 2.64 bits per heavy atom. The van der Waals surface area contributed by atoms with Gasteiger partial charge in [-0.1, -0.05) is 6.08 Å². The molecule has 3 N–H and O–H groups in total. The minimum atomic E-state index is -1.33. The summed E-state index contributed by atoms with van der Waals surface area (Å²) in [6, 6.07) is 0. The second-order valence-electron chi connectivity index (χ2n) is 2.20. The van der Waals surface area contributed by atoms with Crippen molar-refractivity contribution in [3.8, 4) is 0 Å².